The van der Waals surface area contributed by atoms with E-state index in [4.69, 9.17) is 9.72 Å². The molecular weight excluding hydrogens is 458 g/mol. The highest BCUT2D eigenvalue weighted by Crippen LogP contribution is 2.26. The van der Waals surface area contributed by atoms with Gasteiger partial charge in [0.1, 0.15) is 0 Å². The number of methoxy groups -OCH3 is 1. The first kappa shape index (κ1) is 24.7. The van der Waals surface area contributed by atoms with E-state index in [0.29, 0.717) is 40.5 Å². The number of aromatic nitrogens is 2. The molecule has 0 radical (unpaired) electrons. The topological polar surface area (TPSA) is 73.2 Å². The summed E-state index contributed by atoms with van der Waals surface area (Å²) in [5, 5.41) is 3.87. The summed E-state index contributed by atoms with van der Waals surface area (Å²) in [7, 11) is 1.59. The molecule has 0 aliphatic carbocycles. The van der Waals surface area contributed by atoms with Crippen LogP contribution in [0.15, 0.2) is 70.6 Å². The van der Waals surface area contributed by atoms with Gasteiger partial charge in [0.15, 0.2) is 5.16 Å². The van der Waals surface area contributed by atoms with Gasteiger partial charge in [0.25, 0.3) is 11.5 Å². The van der Waals surface area contributed by atoms with E-state index in [1.807, 2.05) is 32.0 Å². The van der Waals surface area contributed by atoms with Crippen LogP contribution >= 0.6 is 11.8 Å². The number of benzene rings is 3. The molecule has 0 aliphatic rings. The van der Waals surface area contributed by atoms with Crippen molar-refractivity contribution in [1.29, 1.82) is 0 Å². The molecule has 3 aromatic carbocycles. The lowest BCUT2D eigenvalue weighted by atomic mass is 10.1. The lowest BCUT2D eigenvalue weighted by Gasteiger charge is -2.15. The first-order chi connectivity index (χ1) is 16.9. The molecule has 4 rings (SSSR count). The van der Waals surface area contributed by atoms with Crippen LogP contribution in [-0.4, -0.2) is 35.7 Å². The van der Waals surface area contributed by atoms with E-state index in [9.17, 15) is 9.59 Å². The van der Waals surface area contributed by atoms with Crippen LogP contribution in [0.4, 0.5) is 0 Å². The van der Waals surface area contributed by atoms with Crippen molar-refractivity contribution in [3.05, 3.63) is 98.8 Å². The molecule has 4 aromatic rings. The van der Waals surface area contributed by atoms with E-state index < -0.39 is 0 Å². The Kier molecular flexibility index (Phi) is 7.68. The minimum Gasteiger partial charge on any atom is -0.383 e. The Morgan fingerprint density at radius 2 is 1.77 bits per heavy atom. The van der Waals surface area contributed by atoms with E-state index in [1.54, 1.807) is 29.9 Å². The van der Waals surface area contributed by atoms with Crippen molar-refractivity contribution in [2.45, 2.75) is 31.7 Å². The lowest BCUT2D eigenvalue weighted by Crippen LogP contribution is -2.27. The maximum Gasteiger partial charge on any atom is 0.266 e. The Labute approximate surface area is 209 Å². The minimum atomic E-state index is -0.224. The second-order valence-electron chi connectivity index (χ2n) is 8.64. The third kappa shape index (κ3) is 5.81. The zero-order valence-electron chi connectivity index (χ0n) is 20.4. The third-order valence-corrected chi connectivity index (χ3v) is 6.62. The molecular formula is C28H29N3O3S. The van der Waals surface area contributed by atoms with E-state index in [-0.39, 0.29) is 11.5 Å². The van der Waals surface area contributed by atoms with Gasteiger partial charge in [-0.3, -0.25) is 14.2 Å². The van der Waals surface area contributed by atoms with Crippen LogP contribution in [0.3, 0.4) is 0 Å². The number of hydrogen-bond donors (Lipinski definition) is 1. The second-order valence-corrected chi connectivity index (χ2v) is 9.58. The first-order valence-corrected chi connectivity index (χ1v) is 12.5. The van der Waals surface area contributed by atoms with Crippen molar-refractivity contribution in [2.75, 3.05) is 20.3 Å². The molecule has 7 heteroatoms. The van der Waals surface area contributed by atoms with Crippen molar-refractivity contribution in [3.8, 4) is 5.69 Å². The van der Waals surface area contributed by atoms with E-state index in [2.05, 4.69) is 36.5 Å². The SMILES string of the molecule is COCCNC(=O)c1ccc2c(=O)n(-c3cc(C)cc(C)c3)c(SCc3cccc(C)c3)nc2c1. The van der Waals surface area contributed by atoms with Gasteiger partial charge in [-0.1, -0.05) is 47.7 Å². The van der Waals surface area contributed by atoms with Gasteiger partial charge < -0.3 is 10.1 Å². The van der Waals surface area contributed by atoms with E-state index >= 15 is 0 Å². The van der Waals surface area contributed by atoms with Gasteiger partial charge in [-0.15, -0.1) is 0 Å². The van der Waals surface area contributed by atoms with Crippen molar-refractivity contribution in [1.82, 2.24) is 14.9 Å². The van der Waals surface area contributed by atoms with Crippen molar-refractivity contribution >= 4 is 28.6 Å². The second kappa shape index (κ2) is 10.9. The fraction of sp³-hybridized carbons (Fsp3) is 0.250. The predicted octanol–water partition coefficient (Wildman–Crippen LogP) is 4.98. The predicted molar refractivity (Wildman–Crippen MR) is 142 cm³/mol. The molecule has 180 valence electrons. The molecule has 0 fully saturated rings. The van der Waals surface area contributed by atoms with Crippen LogP contribution in [-0.2, 0) is 10.5 Å². The first-order valence-electron chi connectivity index (χ1n) is 11.5. The summed E-state index contributed by atoms with van der Waals surface area (Å²) >= 11 is 1.51. The van der Waals surface area contributed by atoms with Crippen molar-refractivity contribution in [2.24, 2.45) is 0 Å². The highest BCUT2D eigenvalue weighted by atomic mass is 32.2. The van der Waals surface area contributed by atoms with Crippen molar-refractivity contribution in [3.63, 3.8) is 0 Å². The molecule has 0 aliphatic heterocycles. The van der Waals surface area contributed by atoms with E-state index in [0.717, 1.165) is 22.4 Å². The molecule has 0 bridgehead atoms. The monoisotopic (exact) mass is 487 g/mol. The molecule has 6 nitrogen and oxygen atoms in total. The molecule has 1 N–H and O–H groups in total. The normalized spacial score (nSPS) is 11.1. The molecule has 0 spiro atoms. The molecule has 1 heterocycles. The van der Waals surface area contributed by atoms with Crippen LogP contribution in [0.25, 0.3) is 16.6 Å². The number of hydrogen-bond acceptors (Lipinski definition) is 5. The zero-order chi connectivity index (χ0) is 24.9. The Bertz CT molecular complexity index is 1430. The minimum absolute atomic E-state index is 0.155. The van der Waals surface area contributed by atoms with Gasteiger partial charge in [-0.25, -0.2) is 4.98 Å². The standard InChI is InChI=1S/C28H29N3O3S/c1-18-6-5-7-21(13-18)17-35-28-30-25-16-22(26(32)29-10-11-34-4)8-9-24(25)27(33)31(28)23-14-19(2)12-20(3)15-23/h5-9,12-16H,10-11,17H2,1-4H3,(H,29,32). The highest BCUT2D eigenvalue weighted by molar-refractivity contribution is 7.98. The van der Waals surface area contributed by atoms with Gasteiger partial charge in [-0.05, 0) is 67.8 Å². The summed E-state index contributed by atoms with van der Waals surface area (Å²) < 4.78 is 6.68. The number of thioether (sulfide) groups is 1. The Hall–Kier alpha value is -3.42. The lowest BCUT2D eigenvalue weighted by molar-refractivity contribution is 0.0937. The molecule has 0 saturated carbocycles. The van der Waals surface area contributed by atoms with Crippen LogP contribution in [0.2, 0.25) is 0 Å². The number of nitrogens with one attached hydrogen (secondary N) is 1. The highest BCUT2D eigenvalue weighted by Gasteiger charge is 2.16. The number of rotatable bonds is 8. The number of nitrogens with zero attached hydrogens (tertiary/aromatic N) is 2. The van der Waals surface area contributed by atoms with Gasteiger partial charge in [-0.2, -0.15) is 0 Å². The molecule has 1 aromatic heterocycles. The van der Waals surface area contributed by atoms with Gasteiger partial charge in [0, 0.05) is 25.0 Å². The maximum atomic E-state index is 13.7. The van der Waals surface area contributed by atoms with Gasteiger partial charge in [0.05, 0.1) is 23.2 Å². The zero-order valence-corrected chi connectivity index (χ0v) is 21.2. The average Bonchev–Trinajstić information content (AvgIpc) is 2.82. The smallest absolute Gasteiger partial charge is 0.266 e. The summed E-state index contributed by atoms with van der Waals surface area (Å²) in [5.74, 6) is 0.444. The summed E-state index contributed by atoms with van der Waals surface area (Å²) in [4.78, 5) is 31.1. The maximum absolute atomic E-state index is 13.7. The third-order valence-electron chi connectivity index (χ3n) is 5.61. The number of ether oxygens (including phenoxy) is 1. The van der Waals surface area contributed by atoms with Gasteiger partial charge >= 0.3 is 0 Å². The Morgan fingerprint density at radius 1 is 1.00 bits per heavy atom. The van der Waals surface area contributed by atoms with Crippen LogP contribution < -0.4 is 10.9 Å². The number of carbonyl (C=O) groups is 1. The number of fused-ring (bicyclic) bond motifs is 1. The largest absolute Gasteiger partial charge is 0.383 e. The number of amides is 1. The number of aryl methyl sites for hydroxylation is 3. The Balaban J connectivity index is 1.81. The number of carbonyl (C=O) groups excluding carboxylic acids is 1. The summed E-state index contributed by atoms with van der Waals surface area (Å²) in [6.07, 6.45) is 0. The Morgan fingerprint density at radius 3 is 2.49 bits per heavy atom. The molecule has 0 unspecified atom stereocenters. The molecule has 35 heavy (non-hydrogen) atoms. The van der Waals surface area contributed by atoms with Gasteiger partial charge in [0.2, 0.25) is 0 Å². The van der Waals surface area contributed by atoms with Crippen molar-refractivity contribution < 1.29 is 9.53 Å². The van der Waals surface area contributed by atoms with Crippen LogP contribution in [0.5, 0.6) is 0 Å². The average molecular weight is 488 g/mol. The van der Waals surface area contributed by atoms with Crippen LogP contribution in [0, 0.1) is 20.8 Å². The molecule has 1 amide bonds. The summed E-state index contributed by atoms with van der Waals surface area (Å²) in [6, 6.07) is 19.4. The summed E-state index contributed by atoms with van der Waals surface area (Å²) in [6.45, 7) is 6.94. The fourth-order valence-electron chi connectivity index (χ4n) is 4.03. The van der Waals surface area contributed by atoms with Crippen LogP contribution in [0.1, 0.15) is 32.6 Å². The quantitative estimate of drug-likeness (QED) is 0.216. The molecule has 0 atom stereocenters. The summed E-state index contributed by atoms with van der Waals surface area (Å²) in [5.41, 5.74) is 6.08. The van der Waals surface area contributed by atoms with E-state index in [1.165, 1.54) is 17.3 Å². The fourth-order valence-corrected chi connectivity index (χ4v) is 4.98. The molecule has 0 saturated heterocycles.